The molecule has 156 valence electrons. The number of benzene rings is 1. The molecule has 6 nitrogen and oxygen atoms in total. The van der Waals surface area contributed by atoms with Crippen molar-refractivity contribution in [3.05, 3.63) is 61.8 Å². The minimum absolute atomic E-state index is 0.0302. The van der Waals surface area contributed by atoms with Crippen LogP contribution in [0, 0.1) is 25.2 Å². The van der Waals surface area contributed by atoms with Gasteiger partial charge in [-0.25, -0.2) is 9.59 Å². The first-order valence-electron chi connectivity index (χ1n) is 9.50. The van der Waals surface area contributed by atoms with Gasteiger partial charge in [-0.2, -0.15) is 5.26 Å². The lowest BCUT2D eigenvalue weighted by Gasteiger charge is -2.05. The van der Waals surface area contributed by atoms with Gasteiger partial charge in [0, 0.05) is 11.3 Å². The van der Waals surface area contributed by atoms with Crippen LogP contribution in [0.5, 0.6) is 0 Å². The zero-order valence-electron chi connectivity index (χ0n) is 17.4. The molecule has 0 spiro atoms. The monoisotopic (exact) mass is 425 g/mol. The zero-order valence-corrected chi connectivity index (χ0v) is 18.2. The summed E-state index contributed by atoms with van der Waals surface area (Å²) in [5, 5.41) is 9.47. The van der Waals surface area contributed by atoms with Crippen LogP contribution in [0.3, 0.4) is 0 Å². The fourth-order valence-electron chi connectivity index (χ4n) is 2.81. The average molecular weight is 426 g/mol. The Balaban J connectivity index is 2.41. The van der Waals surface area contributed by atoms with Crippen molar-refractivity contribution >= 4 is 35.1 Å². The molecule has 1 heterocycles. The number of aryl methyl sites for hydroxylation is 1. The van der Waals surface area contributed by atoms with Crippen LogP contribution in [0.25, 0.3) is 6.08 Å². The van der Waals surface area contributed by atoms with Gasteiger partial charge in [0.25, 0.3) is 0 Å². The second kappa shape index (κ2) is 10.5. The smallest absolute Gasteiger partial charge is 0.348 e. The Morgan fingerprint density at radius 3 is 2.20 bits per heavy atom. The summed E-state index contributed by atoms with van der Waals surface area (Å²) in [4.78, 5) is 38.2. The molecule has 2 aromatic rings. The maximum absolute atomic E-state index is 12.8. The van der Waals surface area contributed by atoms with Crippen LogP contribution < -0.4 is 0 Å². The summed E-state index contributed by atoms with van der Waals surface area (Å²) in [7, 11) is 0. The van der Waals surface area contributed by atoms with E-state index in [-0.39, 0.29) is 35.6 Å². The molecule has 1 aromatic heterocycles. The molecule has 2 rings (SSSR count). The van der Waals surface area contributed by atoms with Crippen LogP contribution in [0.2, 0.25) is 0 Å². The molecule has 0 aliphatic carbocycles. The lowest BCUT2D eigenvalue weighted by atomic mass is 10.0. The number of Topliss-reactive ketones (excluding diaryl/α,β-unsaturated/α-hetero) is 1. The van der Waals surface area contributed by atoms with Gasteiger partial charge < -0.3 is 9.47 Å². The number of rotatable bonds is 8. The Kier molecular flexibility index (Phi) is 8.07. The van der Waals surface area contributed by atoms with Gasteiger partial charge in [-0.15, -0.1) is 11.3 Å². The van der Waals surface area contributed by atoms with Crippen molar-refractivity contribution in [3.63, 3.8) is 0 Å². The first-order valence-corrected chi connectivity index (χ1v) is 10.3. The molecule has 0 atom stereocenters. The molecule has 0 aliphatic rings. The van der Waals surface area contributed by atoms with Crippen LogP contribution in [-0.2, 0) is 20.7 Å². The van der Waals surface area contributed by atoms with Crippen molar-refractivity contribution in [3.8, 4) is 6.07 Å². The van der Waals surface area contributed by atoms with Crippen molar-refractivity contribution < 1.29 is 23.9 Å². The van der Waals surface area contributed by atoms with Crippen LogP contribution in [0.15, 0.2) is 29.8 Å². The second-order valence-electron chi connectivity index (χ2n) is 6.48. The molecule has 0 N–H and O–H groups in total. The van der Waals surface area contributed by atoms with Gasteiger partial charge in [0.1, 0.15) is 10.9 Å². The fraction of sp³-hybridized carbons (Fsp3) is 0.304. The number of hydrogen-bond donors (Lipinski definition) is 0. The average Bonchev–Trinajstić information content (AvgIpc) is 3.03. The summed E-state index contributed by atoms with van der Waals surface area (Å²) < 4.78 is 10.2. The molecule has 0 unspecified atom stereocenters. The predicted octanol–water partition coefficient (Wildman–Crippen LogP) is 4.44. The highest BCUT2D eigenvalue weighted by atomic mass is 32.1. The van der Waals surface area contributed by atoms with E-state index in [0.717, 1.165) is 22.5 Å². The highest BCUT2D eigenvalue weighted by molar-refractivity contribution is 7.14. The molecule has 0 fully saturated rings. The quantitative estimate of drug-likeness (QED) is 0.353. The van der Waals surface area contributed by atoms with E-state index < -0.39 is 17.7 Å². The van der Waals surface area contributed by atoms with Gasteiger partial charge >= 0.3 is 11.9 Å². The molecule has 0 aliphatic heterocycles. The van der Waals surface area contributed by atoms with Gasteiger partial charge in [0.15, 0.2) is 5.78 Å². The summed E-state index contributed by atoms with van der Waals surface area (Å²) >= 11 is 1.02. The Bertz CT molecular complexity index is 1030. The van der Waals surface area contributed by atoms with E-state index in [4.69, 9.17) is 9.47 Å². The van der Waals surface area contributed by atoms with Crippen molar-refractivity contribution in [2.24, 2.45) is 0 Å². The van der Waals surface area contributed by atoms with Crippen LogP contribution in [0.4, 0.5) is 0 Å². The number of allylic oxidation sites excluding steroid dienone is 1. The summed E-state index contributed by atoms with van der Waals surface area (Å²) in [6.07, 6.45) is 1.32. The maximum Gasteiger partial charge on any atom is 0.348 e. The molecule has 1 aromatic carbocycles. The third-order valence-electron chi connectivity index (χ3n) is 4.29. The molecule has 0 amide bonds. The highest BCUT2D eigenvalue weighted by Crippen LogP contribution is 2.31. The van der Waals surface area contributed by atoms with E-state index in [1.807, 2.05) is 37.3 Å². The van der Waals surface area contributed by atoms with E-state index in [2.05, 4.69) is 0 Å². The lowest BCUT2D eigenvalue weighted by Crippen LogP contribution is -2.12. The molecule has 0 bridgehead atoms. The largest absolute Gasteiger partial charge is 0.462 e. The third kappa shape index (κ3) is 5.43. The SMILES string of the molecule is CCOC(=O)c1sc(CC(=O)C(C#N)=Cc2ccc(C)cc2)c(C(=O)OCC)c1C. The van der Waals surface area contributed by atoms with Crippen molar-refractivity contribution in [2.45, 2.75) is 34.1 Å². The van der Waals surface area contributed by atoms with E-state index in [0.29, 0.717) is 10.4 Å². The molecule has 30 heavy (non-hydrogen) atoms. The molecular weight excluding hydrogens is 402 g/mol. The molecule has 0 saturated heterocycles. The zero-order chi connectivity index (χ0) is 22.3. The Morgan fingerprint density at radius 1 is 1.03 bits per heavy atom. The number of ketones is 1. The number of carbonyl (C=O) groups excluding carboxylic acids is 3. The number of hydrogen-bond acceptors (Lipinski definition) is 7. The summed E-state index contributed by atoms with van der Waals surface area (Å²) in [5.41, 5.74) is 2.37. The third-order valence-corrected chi connectivity index (χ3v) is 5.56. The summed E-state index contributed by atoms with van der Waals surface area (Å²) in [6, 6.07) is 9.34. The van der Waals surface area contributed by atoms with Crippen LogP contribution in [-0.4, -0.2) is 30.9 Å². The van der Waals surface area contributed by atoms with E-state index in [1.165, 1.54) is 6.08 Å². The van der Waals surface area contributed by atoms with Crippen molar-refractivity contribution in [1.82, 2.24) is 0 Å². The minimum atomic E-state index is -0.606. The van der Waals surface area contributed by atoms with Gasteiger partial charge in [-0.3, -0.25) is 4.79 Å². The fourth-order valence-corrected chi connectivity index (χ4v) is 3.99. The van der Waals surface area contributed by atoms with Crippen LogP contribution >= 0.6 is 11.3 Å². The van der Waals surface area contributed by atoms with Crippen LogP contribution in [0.1, 0.15) is 55.4 Å². The maximum atomic E-state index is 12.8. The normalized spacial score (nSPS) is 11.0. The number of esters is 2. The number of ether oxygens (including phenoxy) is 2. The number of thiophene rings is 1. The van der Waals surface area contributed by atoms with Crippen molar-refractivity contribution in [2.75, 3.05) is 13.2 Å². The van der Waals surface area contributed by atoms with Gasteiger partial charge in [0.05, 0.1) is 24.4 Å². The van der Waals surface area contributed by atoms with Crippen molar-refractivity contribution in [1.29, 1.82) is 5.26 Å². The van der Waals surface area contributed by atoms with E-state index >= 15 is 0 Å². The Labute approximate surface area is 179 Å². The second-order valence-corrected chi connectivity index (χ2v) is 7.58. The lowest BCUT2D eigenvalue weighted by molar-refractivity contribution is -0.114. The van der Waals surface area contributed by atoms with Gasteiger partial charge in [-0.05, 0) is 44.9 Å². The first kappa shape index (κ1) is 23.0. The Morgan fingerprint density at radius 2 is 1.63 bits per heavy atom. The predicted molar refractivity (Wildman–Crippen MR) is 114 cm³/mol. The molecule has 0 saturated carbocycles. The minimum Gasteiger partial charge on any atom is -0.462 e. The number of nitriles is 1. The molecule has 7 heteroatoms. The highest BCUT2D eigenvalue weighted by Gasteiger charge is 2.27. The number of carbonyl (C=O) groups is 3. The molecular formula is C23H23NO5S. The Hall–Kier alpha value is -3.24. The van der Waals surface area contributed by atoms with E-state index in [1.54, 1.807) is 20.8 Å². The topological polar surface area (TPSA) is 93.5 Å². The number of nitrogens with zero attached hydrogens (tertiary/aromatic N) is 1. The summed E-state index contributed by atoms with van der Waals surface area (Å²) in [6.45, 7) is 7.28. The standard InChI is InChI=1S/C23H23NO5S/c1-5-28-22(26)20-15(4)21(23(27)29-6-2)30-19(20)12-18(25)17(13-24)11-16-9-7-14(3)8-10-16/h7-11H,5-6,12H2,1-4H3. The summed E-state index contributed by atoms with van der Waals surface area (Å²) in [5.74, 6) is -1.61. The molecule has 0 radical (unpaired) electrons. The van der Waals surface area contributed by atoms with Gasteiger partial charge in [0.2, 0.25) is 0 Å². The first-order chi connectivity index (χ1) is 14.3. The van der Waals surface area contributed by atoms with E-state index in [9.17, 15) is 19.6 Å². The van der Waals surface area contributed by atoms with Gasteiger partial charge in [-0.1, -0.05) is 29.8 Å².